The average molecular weight is 249 g/mol. The van der Waals surface area contributed by atoms with Crippen LogP contribution in [0.1, 0.15) is 39.7 Å². The van der Waals surface area contributed by atoms with Gasteiger partial charge in [-0.25, -0.2) is 4.79 Å². The van der Waals surface area contributed by atoms with Crippen molar-refractivity contribution in [1.82, 2.24) is 4.90 Å². The Morgan fingerprint density at radius 1 is 1.22 bits per heavy atom. The zero-order valence-electron chi connectivity index (χ0n) is 11.8. The second kappa shape index (κ2) is 6.43. The molecule has 3 nitrogen and oxygen atoms in total. The molecule has 100 valence electrons. The zero-order chi connectivity index (χ0) is 13.6. The van der Waals surface area contributed by atoms with Crippen LogP contribution >= 0.6 is 0 Å². The lowest BCUT2D eigenvalue weighted by atomic mass is 10.2. The Kier molecular flexibility index (Phi) is 5.20. The van der Waals surface area contributed by atoms with Gasteiger partial charge in [-0.2, -0.15) is 0 Å². The van der Waals surface area contributed by atoms with Gasteiger partial charge in [0.25, 0.3) is 0 Å². The molecule has 0 saturated heterocycles. The van der Waals surface area contributed by atoms with E-state index in [-0.39, 0.29) is 6.09 Å². The van der Waals surface area contributed by atoms with Crippen molar-refractivity contribution in [2.45, 2.75) is 46.3 Å². The van der Waals surface area contributed by atoms with Gasteiger partial charge in [0.1, 0.15) is 5.60 Å². The van der Waals surface area contributed by atoms with E-state index in [9.17, 15) is 4.79 Å². The van der Waals surface area contributed by atoms with E-state index in [0.29, 0.717) is 13.1 Å². The topological polar surface area (TPSA) is 29.5 Å². The molecule has 3 heteroatoms. The zero-order valence-corrected chi connectivity index (χ0v) is 11.8. The SMILES string of the molecule is CCCN(Cc1ccccc1)C(=O)OC(C)(C)C. The number of nitrogens with zero attached hydrogens (tertiary/aromatic N) is 1. The van der Waals surface area contributed by atoms with Crippen molar-refractivity contribution in [3.8, 4) is 0 Å². The molecule has 0 saturated carbocycles. The second-order valence-electron chi connectivity index (χ2n) is 5.39. The van der Waals surface area contributed by atoms with E-state index in [1.807, 2.05) is 51.1 Å². The Morgan fingerprint density at radius 3 is 2.33 bits per heavy atom. The average Bonchev–Trinajstić information content (AvgIpc) is 2.27. The van der Waals surface area contributed by atoms with Crippen LogP contribution < -0.4 is 0 Å². The van der Waals surface area contributed by atoms with Crippen LogP contribution in [0.2, 0.25) is 0 Å². The standard InChI is InChI=1S/C15H23NO2/c1-5-11-16(14(17)18-15(2,3)4)12-13-9-7-6-8-10-13/h6-10H,5,11-12H2,1-4H3. The van der Waals surface area contributed by atoms with Gasteiger partial charge in [-0.3, -0.25) is 0 Å². The summed E-state index contributed by atoms with van der Waals surface area (Å²) < 4.78 is 5.41. The number of amides is 1. The van der Waals surface area contributed by atoms with Crippen molar-refractivity contribution in [2.75, 3.05) is 6.54 Å². The molecule has 0 N–H and O–H groups in total. The molecule has 0 spiro atoms. The molecule has 1 aromatic carbocycles. The van der Waals surface area contributed by atoms with Crippen LogP contribution in [0.15, 0.2) is 30.3 Å². The first kappa shape index (κ1) is 14.6. The van der Waals surface area contributed by atoms with Crippen LogP contribution in [0.5, 0.6) is 0 Å². The van der Waals surface area contributed by atoms with E-state index in [0.717, 1.165) is 12.0 Å². The number of hydrogen-bond donors (Lipinski definition) is 0. The summed E-state index contributed by atoms with van der Waals surface area (Å²) in [4.78, 5) is 13.8. The van der Waals surface area contributed by atoms with Crippen molar-refractivity contribution >= 4 is 6.09 Å². The summed E-state index contributed by atoms with van der Waals surface area (Å²) in [5, 5.41) is 0. The van der Waals surface area contributed by atoms with E-state index in [1.165, 1.54) is 0 Å². The summed E-state index contributed by atoms with van der Waals surface area (Å²) in [7, 11) is 0. The fourth-order valence-electron chi connectivity index (χ4n) is 1.64. The minimum absolute atomic E-state index is 0.242. The molecule has 0 heterocycles. The molecule has 0 aliphatic rings. The number of carbonyl (C=O) groups is 1. The summed E-state index contributed by atoms with van der Waals surface area (Å²) >= 11 is 0. The molecule has 0 radical (unpaired) electrons. The highest BCUT2D eigenvalue weighted by molar-refractivity contribution is 5.68. The van der Waals surface area contributed by atoms with E-state index >= 15 is 0 Å². The molecule has 1 rings (SSSR count). The molecular formula is C15H23NO2. The third-order valence-electron chi connectivity index (χ3n) is 2.36. The largest absolute Gasteiger partial charge is 0.444 e. The van der Waals surface area contributed by atoms with E-state index in [4.69, 9.17) is 4.74 Å². The lowest BCUT2D eigenvalue weighted by Gasteiger charge is -2.27. The van der Waals surface area contributed by atoms with Crippen molar-refractivity contribution in [3.05, 3.63) is 35.9 Å². The van der Waals surface area contributed by atoms with Gasteiger partial charge in [0.05, 0.1) is 0 Å². The fourth-order valence-corrected chi connectivity index (χ4v) is 1.64. The molecular weight excluding hydrogens is 226 g/mol. The Morgan fingerprint density at radius 2 is 1.83 bits per heavy atom. The molecule has 0 aliphatic heterocycles. The normalized spacial score (nSPS) is 11.1. The summed E-state index contributed by atoms with van der Waals surface area (Å²) in [6.07, 6.45) is 0.680. The minimum Gasteiger partial charge on any atom is -0.444 e. The number of rotatable bonds is 4. The molecule has 0 atom stereocenters. The maximum Gasteiger partial charge on any atom is 0.410 e. The Bertz CT molecular complexity index is 368. The van der Waals surface area contributed by atoms with Gasteiger partial charge in [-0.15, -0.1) is 0 Å². The van der Waals surface area contributed by atoms with E-state index in [1.54, 1.807) is 4.90 Å². The first-order valence-corrected chi connectivity index (χ1v) is 6.44. The number of ether oxygens (including phenoxy) is 1. The van der Waals surface area contributed by atoms with Gasteiger partial charge in [0, 0.05) is 13.1 Å². The van der Waals surface area contributed by atoms with Crippen LogP contribution in [-0.2, 0) is 11.3 Å². The summed E-state index contributed by atoms with van der Waals surface area (Å²) in [5.41, 5.74) is 0.677. The molecule has 0 bridgehead atoms. The fraction of sp³-hybridized carbons (Fsp3) is 0.533. The molecule has 0 unspecified atom stereocenters. The number of carbonyl (C=O) groups excluding carboxylic acids is 1. The highest BCUT2D eigenvalue weighted by Crippen LogP contribution is 2.13. The third-order valence-corrected chi connectivity index (χ3v) is 2.36. The Hall–Kier alpha value is -1.51. The second-order valence-corrected chi connectivity index (χ2v) is 5.39. The van der Waals surface area contributed by atoms with Crippen LogP contribution in [0.3, 0.4) is 0 Å². The van der Waals surface area contributed by atoms with Crippen molar-refractivity contribution < 1.29 is 9.53 Å². The smallest absolute Gasteiger partial charge is 0.410 e. The van der Waals surface area contributed by atoms with Crippen LogP contribution in [0.4, 0.5) is 4.79 Å². The van der Waals surface area contributed by atoms with Crippen molar-refractivity contribution in [1.29, 1.82) is 0 Å². The molecule has 0 aromatic heterocycles. The highest BCUT2D eigenvalue weighted by Gasteiger charge is 2.21. The maximum atomic E-state index is 12.1. The Balaban J connectivity index is 2.68. The maximum absolute atomic E-state index is 12.1. The lowest BCUT2D eigenvalue weighted by Crippen LogP contribution is -2.36. The van der Waals surface area contributed by atoms with Crippen LogP contribution in [0.25, 0.3) is 0 Å². The monoisotopic (exact) mass is 249 g/mol. The quantitative estimate of drug-likeness (QED) is 0.811. The molecule has 0 aliphatic carbocycles. The predicted molar refractivity (Wildman–Crippen MR) is 73.4 cm³/mol. The highest BCUT2D eigenvalue weighted by atomic mass is 16.6. The van der Waals surface area contributed by atoms with Gasteiger partial charge < -0.3 is 9.64 Å². The van der Waals surface area contributed by atoms with Gasteiger partial charge in [-0.05, 0) is 32.8 Å². The first-order valence-electron chi connectivity index (χ1n) is 6.44. The predicted octanol–water partition coefficient (Wildman–Crippen LogP) is 3.83. The lowest BCUT2D eigenvalue weighted by molar-refractivity contribution is 0.0233. The van der Waals surface area contributed by atoms with Gasteiger partial charge >= 0.3 is 6.09 Å². The summed E-state index contributed by atoms with van der Waals surface area (Å²) in [6, 6.07) is 9.98. The number of benzene rings is 1. The molecule has 1 amide bonds. The van der Waals surface area contributed by atoms with Gasteiger partial charge in [-0.1, -0.05) is 37.3 Å². The molecule has 1 aromatic rings. The van der Waals surface area contributed by atoms with E-state index < -0.39 is 5.60 Å². The van der Waals surface area contributed by atoms with Crippen LogP contribution in [-0.4, -0.2) is 23.1 Å². The molecule has 0 fully saturated rings. The van der Waals surface area contributed by atoms with Gasteiger partial charge in [0.15, 0.2) is 0 Å². The van der Waals surface area contributed by atoms with E-state index in [2.05, 4.69) is 6.92 Å². The third kappa shape index (κ3) is 5.21. The van der Waals surface area contributed by atoms with Crippen molar-refractivity contribution in [3.63, 3.8) is 0 Å². The number of hydrogen-bond acceptors (Lipinski definition) is 2. The van der Waals surface area contributed by atoms with Gasteiger partial charge in [0.2, 0.25) is 0 Å². The van der Waals surface area contributed by atoms with Crippen LogP contribution in [0, 0.1) is 0 Å². The minimum atomic E-state index is -0.445. The first-order chi connectivity index (χ1) is 8.42. The Labute approximate surface area is 110 Å². The molecule has 18 heavy (non-hydrogen) atoms. The summed E-state index contributed by atoms with van der Waals surface area (Å²) in [6.45, 7) is 9.03. The summed E-state index contributed by atoms with van der Waals surface area (Å²) in [5.74, 6) is 0. The van der Waals surface area contributed by atoms with Crippen molar-refractivity contribution in [2.24, 2.45) is 0 Å².